The standard InChI is InChI=1S/C20H33N3O/c1-5-22(6-2)19-9-7-17(12-18(19)21)8-10-20(24)23-13-15(3)11-16(4)14-23/h7,9,12,15-16H,5-6,8,10-11,13-14,21H2,1-4H3. The molecule has 1 aliphatic heterocycles. The van der Waals surface area contributed by atoms with E-state index in [0.717, 1.165) is 49.5 Å². The number of hydrogen-bond donors (Lipinski definition) is 1. The molecule has 24 heavy (non-hydrogen) atoms. The van der Waals surface area contributed by atoms with E-state index in [0.29, 0.717) is 18.3 Å². The fraction of sp³-hybridized carbons (Fsp3) is 0.650. The van der Waals surface area contributed by atoms with Gasteiger partial charge >= 0.3 is 0 Å². The number of carbonyl (C=O) groups is 1. The highest BCUT2D eigenvalue weighted by atomic mass is 16.2. The third kappa shape index (κ3) is 4.65. The van der Waals surface area contributed by atoms with Crippen LogP contribution in [-0.4, -0.2) is 37.0 Å². The van der Waals surface area contributed by atoms with E-state index < -0.39 is 0 Å². The maximum Gasteiger partial charge on any atom is 0.222 e. The van der Waals surface area contributed by atoms with Crippen LogP contribution in [0.4, 0.5) is 11.4 Å². The van der Waals surface area contributed by atoms with Crippen molar-refractivity contribution in [2.24, 2.45) is 11.8 Å². The molecule has 2 N–H and O–H groups in total. The second kappa shape index (κ2) is 8.41. The Morgan fingerprint density at radius 3 is 2.38 bits per heavy atom. The van der Waals surface area contributed by atoms with Crippen LogP contribution in [0.2, 0.25) is 0 Å². The summed E-state index contributed by atoms with van der Waals surface area (Å²) < 4.78 is 0. The van der Waals surface area contributed by atoms with Gasteiger partial charge in [-0.1, -0.05) is 19.9 Å². The monoisotopic (exact) mass is 331 g/mol. The van der Waals surface area contributed by atoms with Gasteiger partial charge in [-0.05, 0) is 56.2 Å². The summed E-state index contributed by atoms with van der Waals surface area (Å²) in [5, 5.41) is 0. The van der Waals surface area contributed by atoms with Crippen molar-refractivity contribution >= 4 is 17.3 Å². The van der Waals surface area contributed by atoms with E-state index in [1.54, 1.807) is 0 Å². The SMILES string of the molecule is CCN(CC)c1ccc(CCC(=O)N2CC(C)CC(C)C2)cc1N. The molecule has 0 aliphatic carbocycles. The second-order valence-corrected chi connectivity index (χ2v) is 7.31. The Morgan fingerprint density at radius 2 is 1.83 bits per heavy atom. The number of piperidine rings is 1. The van der Waals surface area contributed by atoms with Gasteiger partial charge in [0.25, 0.3) is 0 Å². The summed E-state index contributed by atoms with van der Waals surface area (Å²) in [4.78, 5) is 16.8. The van der Waals surface area contributed by atoms with Gasteiger partial charge in [-0.15, -0.1) is 0 Å². The average molecular weight is 332 g/mol. The molecule has 1 aromatic rings. The number of benzene rings is 1. The number of carbonyl (C=O) groups excluding carboxylic acids is 1. The van der Waals surface area contributed by atoms with Crippen LogP contribution in [0.25, 0.3) is 0 Å². The van der Waals surface area contributed by atoms with Gasteiger partial charge in [-0.2, -0.15) is 0 Å². The molecule has 2 rings (SSSR count). The molecular weight excluding hydrogens is 298 g/mol. The minimum atomic E-state index is 0.278. The first-order chi connectivity index (χ1) is 11.4. The lowest BCUT2D eigenvalue weighted by atomic mass is 9.91. The maximum atomic E-state index is 12.5. The van der Waals surface area contributed by atoms with Crippen molar-refractivity contribution in [1.82, 2.24) is 4.90 Å². The molecule has 0 saturated carbocycles. The fourth-order valence-electron chi connectivity index (χ4n) is 3.89. The number of likely N-dealkylation sites (tertiary alicyclic amines) is 1. The van der Waals surface area contributed by atoms with Crippen molar-refractivity contribution in [2.45, 2.75) is 47.0 Å². The summed E-state index contributed by atoms with van der Waals surface area (Å²) in [6.07, 6.45) is 2.57. The molecule has 1 aliphatic rings. The van der Waals surface area contributed by atoms with E-state index in [2.05, 4.69) is 44.7 Å². The molecule has 0 spiro atoms. The minimum absolute atomic E-state index is 0.278. The summed E-state index contributed by atoms with van der Waals surface area (Å²) in [5.74, 6) is 1.50. The van der Waals surface area contributed by atoms with Crippen LogP contribution in [0, 0.1) is 11.8 Å². The Kier molecular flexibility index (Phi) is 6.52. The van der Waals surface area contributed by atoms with Crippen LogP contribution in [0.1, 0.15) is 46.1 Å². The molecule has 1 heterocycles. The van der Waals surface area contributed by atoms with Crippen molar-refractivity contribution in [1.29, 1.82) is 0 Å². The van der Waals surface area contributed by atoms with E-state index in [-0.39, 0.29) is 5.91 Å². The van der Waals surface area contributed by atoms with Gasteiger partial charge in [0, 0.05) is 32.6 Å². The molecule has 2 atom stereocenters. The van der Waals surface area contributed by atoms with Gasteiger partial charge < -0.3 is 15.5 Å². The van der Waals surface area contributed by atoms with Gasteiger partial charge in [0.1, 0.15) is 0 Å². The van der Waals surface area contributed by atoms with Crippen LogP contribution in [0.15, 0.2) is 18.2 Å². The van der Waals surface area contributed by atoms with E-state index in [9.17, 15) is 4.79 Å². The van der Waals surface area contributed by atoms with E-state index in [1.165, 1.54) is 6.42 Å². The molecule has 1 saturated heterocycles. The molecule has 0 aromatic heterocycles. The number of rotatable bonds is 6. The predicted octanol–water partition coefficient (Wildman–Crippen LogP) is 3.55. The van der Waals surface area contributed by atoms with Gasteiger partial charge in [-0.3, -0.25) is 4.79 Å². The number of nitrogens with two attached hydrogens (primary N) is 1. The summed E-state index contributed by atoms with van der Waals surface area (Å²) in [7, 11) is 0. The normalized spacial score (nSPS) is 20.9. The first-order valence-electron chi connectivity index (χ1n) is 9.35. The lowest BCUT2D eigenvalue weighted by molar-refractivity contribution is -0.133. The lowest BCUT2D eigenvalue weighted by Crippen LogP contribution is -2.42. The molecule has 1 fully saturated rings. The summed E-state index contributed by atoms with van der Waals surface area (Å²) >= 11 is 0. The average Bonchev–Trinajstić information content (AvgIpc) is 2.54. The van der Waals surface area contributed by atoms with Crippen molar-refractivity contribution < 1.29 is 4.79 Å². The Hall–Kier alpha value is -1.71. The third-order valence-electron chi connectivity index (χ3n) is 5.05. The highest BCUT2D eigenvalue weighted by molar-refractivity contribution is 5.77. The number of amides is 1. The Morgan fingerprint density at radius 1 is 1.21 bits per heavy atom. The number of aryl methyl sites for hydroxylation is 1. The van der Waals surface area contributed by atoms with Crippen LogP contribution in [0.3, 0.4) is 0 Å². The molecule has 0 bridgehead atoms. The summed E-state index contributed by atoms with van der Waals surface area (Å²) in [6, 6.07) is 6.23. The summed E-state index contributed by atoms with van der Waals surface area (Å²) in [6.45, 7) is 12.5. The fourth-order valence-corrected chi connectivity index (χ4v) is 3.89. The first-order valence-corrected chi connectivity index (χ1v) is 9.35. The number of nitrogens with zero attached hydrogens (tertiary/aromatic N) is 2. The predicted molar refractivity (Wildman–Crippen MR) is 102 cm³/mol. The Bertz CT molecular complexity index is 544. The van der Waals surface area contributed by atoms with Gasteiger partial charge in [0.15, 0.2) is 0 Å². The molecular formula is C20H33N3O. The highest BCUT2D eigenvalue weighted by Crippen LogP contribution is 2.25. The zero-order valence-corrected chi connectivity index (χ0v) is 15.7. The molecule has 4 nitrogen and oxygen atoms in total. The highest BCUT2D eigenvalue weighted by Gasteiger charge is 2.24. The molecule has 1 aromatic carbocycles. The number of nitrogen functional groups attached to an aromatic ring is 1. The van der Waals surface area contributed by atoms with E-state index in [4.69, 9.17) is 5.73 Å². The second-order valence-electron chi connectivity index (χ2n) is 7.31. The van der Waals surface area contributed by atoms with E-state index in [1.807, 2.05) is 11.0 Å². The van der Waals surface area contributed by atoms with Crippen molar-refractivity contribution in [3.63, 3.8) is 0 Å². The third-order valence-corrected chi connectivity index (χ3v) is 5.05. The first kappa shape index (κ1) is 18.6. The molecule has 1 amide bonds. The van der Waals surface area contributed by atoms with Crippen LogP contribution in [0.5, 0.6) is 0 Å². The number of anilines is 2. The van der Waals surface area contributed by atoms with Crippen LogP contribution in [-0.2, 0) is 11.2 Å². The summed E-state index contributed by atoms with van der Waals surface area (Å²) in [5.41, 5.74) is 9.27. The Balaban J connectivity index is 1.94. The quantitative estimate of drug-likeness (QED) is 0.811. The molecule has 4 heteroatoms. The lowest BCUT2D eigenvalue weighted by Gasteiger charge is -2.35. The van der Waals surface area contributed by atoms with Crippen molar-refractivity contribution in [2.75, 3.05) is 36.8 Å². The van der Waals surface area contributed by atoms with Gasteiger partial charge in [0.2, 0.25) is 5.91 Å². The zero-order valence-electron chi connectivity index (χ0n) is 15.7. The topological polar surface area (TPSA) is 49.6 Å². The molecule has 0 radical (unpaired) electrons. The van der Waals surface area contributed by atoms with Crippen LogP contribution < -0.4 is 10.6 Å². The van der Waals surface area contributed by atoms with Crippen molar-refractivity contribution in [3.8, 4) is 0 Å². The maximum absolute atomic E-state index is 12.5. The van der Waals surface area contributed by atoms with Gasteiger partial charge in [0.05, 0.1) is 11.4 Å². The Labute approximate surface area is 147 Å². The zero-order chi connectivity index (χ0) is 17.7. The van der Waals surface area contributed by atoms with E-state index >= 15 is 0 Å². The largest absolute Gasteiger partial charge is 0.397 e. The van der Waals surface area contributed by atoms with Crippen LogP contribution >= 0.6 is 0 Å². The minimum Gasteiger partial charge on any atom is -0.397 e. The molecule has 2 unspecified atom stereocenters. The number of hydrogen-bond acceptors (Lipinski definition) is 3. The smallest absolute Gasteiger partial charge is 0.222 e. The van der Waals surface area contributed by atoms with Gasteiger partial charge in [-0.25, -0.2) is 0 Å². The van der Waals surface area contributed by atoms with Crippen molar-refractivity contribution in [3.05, 3.63) is 23.8 Å². The molecule has 134 valence electrons.